The third kappa shape index (κ3) is 6.35. The maximum Gasteiger partial charge on any atom is 0.311 e. The van der Waals surface area contributed by atoms with Gasteiger partial charge in [-0.25, -0.2) is 0 Å². The molecule has 7 heteroatoms. The molecule has 0 aliphatic heterocycles. The molecule has 2 rings (SSSR count). The van der Waals surface area contributed by atoms with Crippen LogP contribution in [0.15, 0.2) is 48.5 Å². The van der Waals surface area contributed by atoms with E-state index in [9.17, 15) is 19.2 Å². The van der Waals surface area contributed by atoms with Crippen LogP contribution in [0.1, 0.15) is 36.7 Å². The highest BCUT2D eigenvalue weighted by Gasteiger charge is 2.18. The van der Waals surface area contributed by atoms with Crippen molar-refractivity contribution in [2.75, 3.05) is 10.6 Å². The van der Waals surface area contributed by atoms with Crippen molar-refractivity contribution < 1.29 is 23.9 Å². The molecule has 0 aliphatic carbocycles. The van der Waals surface area contributed by atoms with Crippen LogP contribution in [0.5, 0.6) is 0 Å². The van der Waals surface area contributed by atoms with Crippen molar-refractivity contribution in [1.82, 2.24) is 0 Å². The summed E-state index contributed by atoms with van der Waals surface area (Å²) in [5, 5.41) is 5.27. The van der Waals surface area contributed by atoms with Gasteiger partial charge in [0.15, 0.2) is 11.9 Å². The summed E-state index contributed by atoms with van der Waals surface area (Å²) < 4.78 is 5.17. The largest absolute Gasteiger partial charge is 0.452 e. The molecule has 1 atom stereocenters. The van der Waals surface area contributed by atoms with Crippen molar-refractivity contribution in [3.63, 3.8) is 0 Å². The van der Waals surface area contributed by atoms with E-state index in [-0.39, 0.29) is 18.1 Å². The molecule has 2 N–H and O–H groups in total. The molecule has 7 nitrogen and oxygen atoms in total. The number of ketones is 1. The Labute approximate surface area is 163 Å². The molecule has 146 valence electrons. The van der Waals surface area contributed by atoms with Gasteiger partial charge >= 0.3 is 5.97 Å². The van der Waals surface area contributed by atoms with Crippen molar-refractivity contribution in [3.8, 4) is 0 Å². The van der Waals surface area contributed by atoms with Gasteiger partial charge in [0.05, 0.1) is 6.42 Å². The zero-order valence-corrected chi connectivity index (χ0v) is 15.9. The summed E-state index contributed by atoms with van der Waals surface area (Å²) in [6, 6.07) is 13.2. The first-order valence-corrected chi connectivity index (χ1v) is 8.72. The van der Waals surface area contributed by atoms with Crippen molar-refractivity contribution in [3.05, 3.63) is 59.7 Å². The average Bonchev–Trinajstić information content (AvgIpc) is 2.63. The number of carbonyl (C=O) groups is 4. The highest BCUT2D eigenvalue weighted by Crippen LogP contribution is 2.13. The third-order valence-electron chi connectivity index (χ3n) is 3.86. The minimum absolute atomic E-state index is 0.00524. The van der Waals surface area contributed by atoms with Gasteiger partial charge in [0.1, 0.15) is 0 Å². The lowest BCUT2D eigenvalue weighted by Gasteiger charge is -2.14. The Morgan fingerprint density at radius 3 is 1.93 bits per heavy atom. The molecule has 2 amide bonds. The molecule has 28 heavy (non-hydrogen) atoms. The van der Waals surface area contributed by atoms with Crippen LogP contribution in [0.2, 0.25) is 0 Å². The van der Waals surface area contributed by atoms with Gasteiger partial charge in [0.2, 0.25) is 5.91 Å². The van der Waals surface area contributed by atoms with Crippen LogP contribution in [-0.4, -0.2) is 29.7 Å². The first-order chi connectivity index (χ1) is 13.2. The van der Waals surface area contributed by atoms with Gasteiger partial charge in [-0.1, -0.05) is 12.1 Å². The van der Waals surface area contributed by atoms with Crippen LogP contribution < -0.4 is 10.6 Å². The number of esters is 1. The number of nitrogens with one attached hydrogen (secondary N) is 2. The van der Waals surface area contributed by atoms with Crippen LogP contribution in [-0.2, 0) is 25.5 Å². The van der Waals surface area contributed by atoms with E-state index < -0.39 is 18.0 Å². The number of benzene rings is 2. The number of Topliss-reactive ketones (excluding diaryl/α,β-unsaturated/α-hetero) is 1. The van der Waals surface area contributed by atoms with E-state index >= 15 is 0 Å². The number of rotatable bonds is 7. The lowest BCUT2D eigenvalue weighted by atomic mass is 10.1. The molecule has 0 unspecified atom stereocenters. The predicted molar refractivity (Wildman–Crippen MR) is 105 cm³/mol. The molecule has 0 saturated carbocycles. The minimum Gasteiger partial charge on any atom is -0.452 e. The summed E-state index contributed by atoms with van der Waals surface area (Å²) in [7, 11) is 0. The van der Waals surface area contributed by atoms with Crippen molar-refractivity contribution in [1.29, 1.82) is 0 Å². The second-order valence-electron chi connectivity index (χ2n) is 6.31. The van der Waals surface area contributed by atoms with Gasteiger partial charge in [0.25, 0.3) is 5.91 Å². The highest BCUT2D eigenvalue weighted by atomic mass is 16.5. The van der Waals surface area contributed by atoms with Crippen LogP contribution in [0.3, 0.4) is 0 Å². The van der Waals surface area contributed by atoms with E-state index in [1.807, 2.05) is 0 Å². The summed E-state index contributed by atoms with van der Waals surface area (Å²) >= 11 is 0. The second-order valence-corrected chi connectivity index (χ2v) is 6.31. The number of ether oxygens (including phenoxy) is 1. The van der Waals surface area contributed by atoms with E-state index in [4.69, 9.17) is 4.74 Å². The maximum atomic E-state index is 12.2. The third-order valence-corrected chi connectivity index (χ3v) is 3.86. The monoisotopic (exact) mass is 382 g/mol. The van der Waals surface area contributed by atoms with Gasteiger partial charge in [-0.3, -0.25) is 19.2 Å². The number of amides is 2. The Morgan fingerprint density at radius 1 is 0.857 bits per heavy atom. The fourth-order valence-corrected chi connectivity index (χ4v) is 2.40. The Balaban J connectivity index is 1.86. The van der Waals surface area contributed by atoms with Crippen LogP contribution in [0, 0.1) is 0 Å². The smallest absolute Gasteiger partial charge is 0.311 e. The summed E-state index contributed by atoms with van der Waals surface area (Å²) in [5.41, 5.74) is 2.38. The van der Waals surface area contributed by atoms with Crippen LogP contribution in [0.25, 0.3) is 0 Å². The molecular formula is C21H22N2O5. The van der Waals surface area contributed by atoms with E-state index in [1.165, 1.54) is 20.8 Å². The summed E-state index contributed by atoms with van der Waals surface area (Å²) in [6.45, 7) is 4.36. The Hall–Kier alpha value is -3.48. The van der Waals surface area contributed by atoms with E-state index in [0.29, 0.717) is 22.5 Å². The summed E-state index contributed by atoms with van der Waals surface area (Å²) in [6.07, 6.45) is -0.968. The van der Waals surface area contributed by atoms with Gasteiger partial charge in [0, 0.05) is 23.9 Å². The number of carbonyl (C=O) groups excluding carboxylic acids is 4. The van der Waals surface area contributed by atoms with Crippen LogP contribution in [0.4, 0.5) is 11.4 Å². The molecular weight excluding hydrogens is 360 g/mol. The number of hydrogen-bond donors (Lipinski definition) is 2. The molecule has 2 aromatic carbocycles. The topological polar surface area (TPSA) is 102 Å². The van der Waals surface area contributed by atoms with E-state index in [0.717, 1.165) is 0 Å². The van der Waals surface area contributed by atoms with Crippen molar-refractivity contribution in [2.24, 2.45) is 0 Å². The molecule has 0 spiro atoms. The van der Waals surface area contributed by atoms with Crippen LogP contribution >= 0.6 is 0 Å². The highest BCUT2D eigenvalue weighted by molar-refractivity contribution is 5.97. The second kappa shape index (κ2) is 9.45. The molecule has 0 aliphatic rings. The van der Waals surface area contributed by atoms with Crippen molar-refractivity contribution >= 4 is 34.9 Å². The SMILES string of the molecule is CC(=O)Nc1ccc(CC(=O)O[C@H](C)C(=O)Nc2ccc(C(C)=O)cc2)cc1. The van der Waals surface area contributed by atoms with E-state index in [2.05, 4.69) is 10.6 Å². The minimum atomic E-state index is -0.973. The lowest BCUT2D eigenvalue weighted by Crippen LogP contribution is -2.30. The quantitative estimate of drug-likeness (QED) is 0.566. The molecule has 0 radical (unpaired) electrons. The van der Waals surface area contributed by atoms with Gasteiger partial charge < -0.3 is 15.4 Å². The first kappa shape index (κ1) is 20.8. The van der Waals surface area contributed by atoms with Gasteiger partial charge in [-0.05, 0) is 55.8 Å². The zero-order valence-electron chi connectivity index (χ0n) is 15.9. The first-order valence-electron chi connectivity index (χ1n) is 8.72. The number of hydrogen-bond acceptors (Lipinski definition) is 5. The van der Waals surface area contributed by atoms with E-state index in [1.54, 1.807) is 48.5 Å². The average molecular weight is 382 g/mol. The molecule has 0 aromatic heterocycles. The van der Waals surface area contributed by atoms with Gasteiger partial charge in [-0.15, -0.1) is 0 Å². The zero-order chi connectivity index (χ0) is 20.7. The Bertz CT molecular complexity index is 873. The fourth-order valence-electron chi connectivity index (χ4n) is 2.40. The molecule has 0 heterocycles. The fraction of sp³-hybridized carbons (Fsp3) is 0.238. The maximum absolute atomic E-state index is 12.2. The van der Waals surface area contributed by atoms with Gasteiger partial charge in [-0.2, -0.15) is 0 Å². The van der Waals surface area contributed by atoms with Crippen molar-refractivity contribution in [2.45, 2.75) is 33.3 Å². The molecule has 2 aromatic rings. The summed E-state index contributed by atoms with van der Waals surface area (Å²) in [4.78, 5) is 46.5. The molecule has 0 saturated heterocycles. The standard InChI is InChI=1S/C21H22N2O5/c1-13(24)17-6-10-19(11-7-17)23-21(27)14(2)28-20(26)12-16-4-8-18(9-5-16)22-15(3)25/h4-11,14H,12H2,1-3H3,(H,22,25)(H,23,27)/t14-/m1/s1. The Kier molecular flexibility index (Phi) is 7.03. The molecule has 0 bridgehead atoms. The Morgan fingerprint density at radius 2 is 1.39 bits per heavy atom. The predicted octanol–water partition coefficient (Wildman–Crippen LogP) is 2.96. The summed E-state index contributed by atoms with van der Waals surface area (Å²) in [5.74, 6) is -1.25. The normalized spacial score (nSPS) is 11.2. The molecule has 0 fully saturated rings. The number of anilines is 2. The lowest BCUT2D eigenvalue weighted by molar-refractivity contribution is -0.152.